The van der Waals surface area contributed by atoms with Crippen LogP contribution in [0.2, 0.25) is 0 Å². The number of aliphatic hydroxyl groups excluding tert-OH is 1. The molecule has 6 rings (SSSR count). The van der Waals surface area contributed by atoms with Gasteiger partial charge >= 0.3 is 0 Å². The van der Waals surface area contributed by atoms with E-state index in [1.165, 1.54) is 6.42 Å². The fraction of sp³-hybridized carbons (Fsp3) is 0.818. The number of halogens is 1. The first kappa shape index (κ1) is 7.42. The SMILES string of the molecule is O[C@@H]1C=C(Br)C2OC3C4[C@H]5C[C@@H]3C2C415. The maximum absolute atomic E-state index is 10.2. The highest BCUT2D eigenvalue weighted by Crippen LogP contribution is 2.88. The van der Waals surface area contributed by atoms with Crippen LogP contribution < -0.4 is 0 Å². The second-order valence-corrected chi connectivity index (χ2v) is 6.49. The van der Waals surface area contributed by atoms with Crippen LogP contribution >= 0.6 is 15.9 Å². The molecule has 14 heavy (non-hydrogen) atoms. The first-order valence-electron chi connectivity index (χ1n) is 5.47. The lowest BCUT2D eigenvalue weighted by atomic mass is 9.77. The fourth-order valence-electron chi connectivity index (χ4n) is 5.45. The van der Waals surface area contributed by atoms with E-state index in [-0.39, 0.29) is 17.6 Å². The van der Waals surface area contributed by atoms with Crippen molar-refractivity contribution >= 4 is 15.9 Å². The molecule has 1 heterocycles. The summed E-state index contributed by atoms with van der Waals surface area (Å²) in [5.41, 5.74) is 0.273. The quantitative estimate of drug-likeness (QED) is 0.706. The van der Waals surface area contributed by atoms with E-state index >= 15 is 0 Å². The van der Waals surface area contributed by atoms with E-state index in [9.17, 15) is 5.11 Å². The van der Waals surface area contributed by atoms with Crippen LogP contribution in [-0.2, 0) is 4.74 Å². The van der Waals surface area contributed by atoms with Gasteiger partial charge in [0.05, 0.1) is 18.3 Å². The average Bonchev–Trinajstić information content (AvgIpc) is 2.60. The lowest BCUT2D eigenvalue weighted by molar-refractivity contribution is -0.0390. The molecule has 1 aliphatic heterocycles. The molecule has 4 saturated carbocycles. The molecule has 5 fully saturated rings. The van der Waals surface area contributed by atoms with E-state index in [1.807, 2.05) is 6.08 Å². The van der Waals surface area contributed by atoms with Crippen LogP contribution in [0.1, 0.15) is 6.42 Å². The molecule has 1 spiro atoms. The summed E-state index contributed by atoms with van der Waals surface area (Å²) in [4.78, 5) is 0. The van der Waals surface area contributed by atoms with Crippen molar-refractivity contribution in [3.63, 3.8) is 0 Å². The van der Waals surface area contributed by atoms with Crippen LogP contribution in [0.3, 0.4) is 0 Å². The van der Waals surface area contributed by atoms with Crippen molar-refractivity contribution in [3.05, 3.63) is 10.6 Å². The number of hydrogen-bond donors (Lipinski definition) is 1. The molecular weight excluding hydrogens is 244 g/mol. The molecule has 0 radical (unpaired) electrons. The Bertz CT molecular complexity index is 393. The van der Waals surface area contributed by atoms with Gasteiger partial charge < -0.3 is 9.84 Å². The molecular formula is C11H11BrO2. The van der Waals surface area contributed by atoms with E-state index in [1.54, 1.807) is 0 Å². The van der Waals surface area contributed by atoms with Gasteiger partial charge in [0.1, 0.15) is 0 Å². The lowest BCUT2D eigenvalue weighted by Gasteiger charge is -2.36. The Morgan fingerprint density at radius 2 is 2.36 bits per heavy atom. The number of ether oxygens (including phenoxy) is 1. The average molecular weight is 255 g/mol. The zero-order valence-corrected chi connectivity index (χ0v) is 9.15. The summed E-state index contributed by atoms with van der Waals surface area (Å²) in [5, 5.41) is 10.2. The van der Waals surface area contributed by atoms with Crippen LogP contribution in [-0.4, -0.2) is 23.4 Å². The molecule has 0 aromatic rings. The van der Waals surface area contributed by atoms with Crippen molar-refractivity contribution in [2.24, 2.45) is 29.1 Å². The summed E-state index contributed by atoms with van der Waals surface area (Å²) in [7, 11) is 0. The van der Waals surface area contributed by atoms with Crippen LogP contribution in [0.25, 0.3) is 0 Å². The Hall–Kier alpha value is 0.140. The third kappa shape index (κ3) is 0.446. The highest BCUT2D eigenvalue weighted by atomic mass is 79.9. The standard InChI is InChI=1S/C11H11BrO2/c12-5-2-6(13)11-4-1-3-7(11)10(5)14-9(3)8(4)11/h2-4,6-10,13H,1H2/t3-,4-,6-,7?,8?,9?,10?,11?/m1/s1. The third-order valence-electron chi connectivity index (χ3n) is 5.62. The lowest BCUT2D eigenvalue weighted by Crippen LogP contribution is -2.41. The summed E-state index contributed by atoms with van der Waals surface area (Å²) < 4.78 is 7.16. The van der Waals surface area contributed by atoms with Crippen molar-refractivity contribution in [1.29, 1.82) is 0 Å². The molecule has 2 nitrogen and oxygen atoms in total. The molecule has 8 atom stereocenters. The van der Waals surface area contributed by atoms with Gasteiger partial charge in [-0.15, -0.1) is 0 Å². The number of rotatable bonds is 0. The monoisotopic (exact) mass is 254 g/mol. The van der Waals surface area contributed by atoms with E-state index < -0.39 is 0 Å². The summed E-state index contributed by atoms with van der Waals surface area (Å²) in [5.74, 6) is 2.91. The Kier molecular flexibility index (Phi) is 0.934. The zero-order valence-electron chi connectivity index (χ0n) is 7.56. The van der Waals surface area contributed by atoms with Crippen molar-refractivity contribution in [3.8, 4) is 0 Å². The number of aliphatic hydroxyl groups is 1. The maximum Gasteiger partial charge on any atom is 0.0929 e. The zero-order chi connectivity index (χ0) is 9.24. The van der Waals surface area contributed by atoms with Crippen molar-refractivity contribution in [2.45, 2.75) is 24.7 Å². The Morgan fingerprint density at radius 1 is 1.50 bits per heavy atom. The topological polar surface area (TPSA) is 29.5 Å². The second-order valence-electron chi connectivity index (χ2n) is 5.58. The molecule has 3 heteroatoms. The van der Waals surface area contributed by atoms with Gasteiger partial charge in [0.25, 0.3) is 0 Å². The van der Waals surface area contributed by atoms with Gasteiger partial charge in [-0.1, -0.05) is 15.9 Å². The summed E-state index contributed by atoms with van der Waals surface area (Å²) in [6.45, 7) is 0. The van der Waals surface area contributed by atoms with Gasteiger partial charge in [-0.05, 0) is 30.3 Å². The molecule has 5 unspecified atom stereocenters. The normalized spacial score (nSPS) is 75.3. The highest BCUT2D eigenvalue weighted by molar-refractivity contribution is 9.11. The first-order valence-corrected chi connectivity index (χ1v) is 6.26. The van der Waals surface area contributed by atoms with Crippen LogP contribution in [0, 0.1) is 29.1 Å². The van der Waals surface area contributed by atoms with Crippen molar-refractivity contribution in [1.82, 2.24) is 0 Å². The smallest absolute Gasteiger partial charge is 0.0929 e. The molecule has 6 aliphatic rings. The Balaban J connectivity index is 1.82. The van der Waals surface area contributed by atoms with E-state index in [0.717, 1.165) is 16.3 Å². The molecule has 5 aliphatic carbocycles. The van der Waals surface area contributed by atoms with Gasteiger partial charge in [-0.25, -0.2) is 0 Å². The third-order valence-corrected chi connectivity index (χ3v) is 6.33. The molecule has 74 valence electrons. The Labute approximate surface area is 90.4 Å². The molecule has 6 bridgehead atoms. The van der Waals surface area contributed by atoms with Crippen LogP contribution in [0.15, 0.2) is 10.6 Å². The van der Waals surface area contributed by atoms with Crippen molar-refractivity contribution < 1.29 is 9.84 Å². The van der Waals surface area contributed by atoms with Gasteiger partial charge in [0.15, 0.2) is 0 Å². The predicted octanol–water partition coefficient (Wildman–Crippen LogP) is 1.29. The predicted molar refractivity (Wildman–Crippen MR) is 52.7 cm³/mol. The minimum Gasteiger partial charge on any atom is -0.388 e. The second kappa shape index (κ2) is 1.76. The van der Waals surface area contributed by atoms with Crippen molar-refractivity contribution in [2.75, 3.05) is 0 Å². The van der Waals surface area contributed by atoms with Gasteiger partial charge in [0.2, 0.25) is 0 Å². The largest absolute Gasteiger partial charge is 0.388 e. The van der Waals surface area contributed by atoms with Gasteiger partial charge in [-0.3, -0.25) is 0 Å². The fourth-order valence-corrected chi connectivity index (χ4v) is 6.09. The maximum atomic E-state index is 10.2. The van der Waals surface area contributed by atoms with E-state index in [0.29, 0.717) is 17.9 Å². The summed E-state index contributed by atoms with van der Waals surface area (Å²) in [6, 6.07) is 0. The van der Waals surface area contributed by atoms with E-state index in [2.05, 4.69) is 15.9 Å². The first-order chi connectivity index (χ1) is 6.76. The Morgan fingerprint density at radius 3 is 3.14 bits per heavy atom. The minimum atomic E-state index is -0.202. The molecule has 0 aromatic heterocycles. The van der Waals surface area contributed by atoms with Gasteiger partial charge in [-0.2, -0.15) is 0 Å². The molecule has 1 saturated heterocycles. The minimum absolute atomic E-state index is 0.202. The molecule has 0 amide bonds. The van der Waals surface area contributed by atoms with E-state index in [4.69, 9.17) is 4.74 Å². The van der Waals surface area contributed by atoms with Crippen LogP contribution in [0.4, 0.5) is 0 Å². The molecule has 1 N–H and O–H groups in total. The summed E-state index contributed by atoms with van der Waals surface area (Å²) in [6.07, 6.45) is 3.88. The molecule has 0 aromatic carbocycles. The highest BCUT2D eigenvalue weighted by Gasteiger charge is 2.90. The summed E-state index contributed by atoms with van der Waals surface area (Å²) >= 11 is 3.55. The number of hydrogen-bond acceptors (Lipinski definition) is 2. The van der Waals surface area contributed by atoms with Crippen LogP contribution in [0.5, 0.6) is 0 Å². The van der Waals surface area contributed by atoms with Gasteiger partial charge in [0, 0.05) is 15.8 Å².